The summed E-state index contributed by atoms with van der Waals surface area (Å²) in [7, 11) is 0. The Morgan fingerprint density at radius 3 is 2.78 bits per heavy atom. The van der Waals surface area contributed by atoms with Gasteiger partial charge in [-0.3, -0.25) is 9.67 Å². The fraction of sp³-hybridized carbons (Fsp3) is 0.133. The van der Waals surface area contributed by atoms with E-state index in [2.05, 4.69) is 10.1 Å². The third kappa shape index (κ3) is 3.01. The van der Waals surface area contributed by atoms with Crippen molar-refractivity contribution in [2.24, 2.45) is 0 Å². The topological polar surface area (TPSA) is 88.2 Å². The van der Waals surface area contributed by atoms with Gasteiger partial charge in [0.2, 0.25) is 0 Å². The minimum Gasteiger partial charge on any atom is -0.478 e. The highest BCUT2D eigenvalue weighted by Gasteiger charge is 2.15. The molecular formula is C15H11ClFN3O3. The molecule has 6 nitrogen and oxygen atoms in total. The lowest BCUT2D eigenvalue weighted by Crippen LogP contribution is -2.02. The van der Waals surface area contributed by atoms with Crippen LogP contribution in [0.25, 0.3) is 10.9 Å². The first-order chi connectivity index (χ1) is 11.0. The van der Waals surface area contributed by atoms with Crippen molar-refractivity contribution in [1.29, 1.82) is 0 Å². The fourth-order valence-electron chi connectivity index (χ4n) is 2.35. The Morgan fingerprint density at radius 1 is 1.35 bits per heavy atom. The Bertz CT molecular complexity index is 910. The number of hydrogen-bond acceptors (Lipinski definition) is 4. The number of carboxylic acids is 1. The Balaban J connectivity index is 2.00. The van der Waals surface area contributed by atoms with Gasteiger partial charge in [0, 0.05) is 17.8 Å². The van der Waals surface area contributed by atoms with E-state index in [4.69, 9.17) is 21.8 Å². The SMILES string of the molecule is O=C(O)c1cn(Cc2cc(F)c3ncc(Cl)cc3c2)nc1CO. The van der Waals surface area contributed by atoms with Gasteiger partial charge in [-0.25, -0.2) is 9.18 Å². The number of aromatic nitrogens is 3. The molecule has 0 unspecified atom stereocenters. The summed E-state index contributed by atoms with van der Waals surface area (Å²) < 4.78 is 15.4. The summed E-state index contributed by atoms with van der Waals surface area (Å²) >= 11 is 5.87. The number of aliphatic hydroxyl groups is 1. The second kappa shape index (κ2) is 5.94. The van der Waals surface area contributed by atoms with E-state index in [1.807, 2.05) is 0 Å². The molecule has 2 heterocycles. The highest BCUT2D eigenvalue weighted by molar-refractivity contribution is 6.31. The Morgan fingerprint density at radius 2 is 2.13 bits per heavy atom. The minimum absolute atomic E-state index is 0.0588. The molecule has 0 aliphatic rings. The molecule has 0 saturated carbocycles. The molecule has 0 radical (unpaired) electrons. The zero-order chi connectivity index (χ0) is 16.6. The highest BCUT2D eigenvalue weighted by Crippen LogP contribution is 2.22. The van der Waals surface area contributed by atoms with Gasteiger partial charge in [-0.1, -0.05) is 11.6 Å². The van der Waals surface area contributed by atoms with Crippen LogP contribution in [0.2, 0.25) is 5.02 Å². The summed E-state index contributed by atoms with van der Waals surface area (Å²) in [4.78, 5) is 15.0. The van der Waals surface area contributed by atoms with Crippen LogP contribution in [-0.4, -0.2) is 30.9 Å². The quantitative estimate of drug-likeness (QED) is 0.764. The predicted molar refractivity (Wildman–Crippen MR) is 80.9 cm³/mol. The number of rotatable bonds is 4. The maximum Gasteiger partial charge on any atom is 0.339 e. The summed E-state index contributed by atoms with van der Waals surface area (Å²) in [6, 6.07) is 4.61. The van der Waals surface area contributed by atoms with Gasteiger partial charge >= 0.3 is 5.97 Å². The maximum absolute atomic E-state index is 14.1. The van der Waals surface area contributed by atoms with Gasteiger partial charge < -0.3 is 10.2 Å². The lowest BCUT2D eigenvalue weighted by atomic mass is 10.1. The Kier molecular flexibility index (Phi) is 3.97. The third-order valence-electron chi connectivity index (χ3n) is 3.33. The monoisotopic (exact) mass is 335 g/mol. The smallest absolute Gasteiger partial charge is 0.339 e. The number of nitrogens with zero attached hydrogens (tertiary/aromatic N) is 3. The van der Waals surface area contributed by atoms with Crippen LogP contribution >= 0.6 is 11.6 Å². The van der Waals surface area contributed by atoms with Gasteiger partial charge in [0.25, 0.3) is 0 Å². The van der Waals surface area contributed by atoms with E-state index in [0.29, 0.717) is 16.0 Å². The first-order valence-electron chi connectivity index (χ1n) is 6.62. The largest absolute Gasteiger partial charge is 0.478 e. The molecule has 0 fully saturated rings. The van der Waals surface area contributed by atoms with Crippen molar-refractivity contribution in [3.8, 4) is 0 Å². The normalized spacial score (nSPS) is 11.1. The van der Waals surface area contributed by atoms with Gasteiger partial charge in [0.15, 0.2) is 0 Å². The second-order valence-electron chi connectivity index (χ2n) is 4.95. The van der Waals surface area contributed by atoms with Crippen LogP contribution in [0.15, 0.2) is 30.6 Å². The standard InChI is InChI=1S/C15H11ClFN3O3/c16-10-3-9-1-8(2-12(17)14(9)18-4-10)5-20-6-11(15(22)23)13(7-21)19-20/h1-4,6,21H,5,7H2,(H,22,23). The second-order valence-corrected chi connectivity index (χ2v) is 5.39. The molecule has 2 aromatic heterocycles. The number of carboxylic acid groups (broad SMARTS) is 1. The Hall–Kier alpha value is -2.51. The molecule has 23 heavy (non-hydrogen) atoms. The molecule has 0 aliphatic carbocycles. The lowest BCUT2D eigenvalue weighted by molar-refractivity contribution is 0.0693. The highest BCUT2D eigenvalue weighted by atomic mass is 35.5. The van der Waals surface area contributed by atoms with Crippen molar-refractivity contribution in [3.05, 3.63) is 58.3 Å². The molecule has 118 valence electrons. The molecule has 0 bridgehead atoms. The first-order valence-corrected chi connectivity index (χ1v) is 7.00. The van der Waals surface area contributed by atoms with E-state index in [-0.39, 0.29) is 23.3 Å². The van der Waals surface area contributed by atoms with Crippen molar-refractivity contribution in [1.82, 2.24) is 14.8 Å². The van der Waals surface area contributed by atoms with E-state index in [1.54, 1.807) is 12.1 Å². The average molecular weight is 336 g/mol. The Labute approximate surface area is 134 Å². The minimum atomic E-state index is -1.18. The maximum atomic E-state index is 14.1. The fourth-order valence-corrected chi connectivity index (χ4v) is 2.52. The molecule has 0 atom stereocenters. The van der Waals surface area contributed by atoms with E-state index in [9.17, 15) is 9.18 Å². The summed E-state index contributed by atoms with van der Waals surface area (Å²) in [5.41, 5.74) is 0.755. The molecule has 8 heteroatoms. The molecule has 2 N–H and O–H groups in total. The molecular weight excluding hydrogens is 325 g/mol. The van der Waals surface area contributed by atoms with Crippen molar-refractivity contribution < 1.29 is 19.4 Å². The number of carbonyl (C=O) groups is 1. The number of pyridine rings is 1. The molecule has 0 spiro atoms. The number of aliphatic hydroxyl groups excluding tert-OH is 1. The van der Waals surface area contributed by atoms with Gasteiger partial charge in [-0.2, -0.15) is 5.10 Å². The number of hydrogen-bond donors (Lipinski definition) is 2. The zero-order valence-corrected chi connectivity index (χ0v) is 12.5. The summed E-state index contributed by atoms with van der Waals surface area (Å²) in [5, 5.41) is 23.1. The third-order valence-corrected chi connectivity index (χ3v) is 3.53. The van der Waals surface area contributed by atoms with Crippen molar-refractivity contribution >= 4 is 28.5 Å². The van der Waals surface area contributed by atoms with Crippen LogP contribution in [0.5, 0.6) is 0 Å². The van der Waals surface area contributed by atoms with Gasteiger partial charge in [-0.15, -0.1) is 0 Å². The summed E-state index contributed by atoms with van der Waals surface area (Å²) in [5.74, 6) is -1.68. The number of benzene rings is 1. The van der Waals surface area contributed by atoms with Crippen LogP contribution in [0.3, 0.4) is 0 Å². The number of fused-ring (bicyclic) bond motifs is 1. The van der Waals surface area contributed by atoms with E-state index in [0.717, 1.165) is 0 Å². The van der Waals surface area contributed by atoms with Crippen molar-refractivity contribution in [3.63, 3.8) is 0 Å². The van der Waals surface area contributed by atoms with E-state index in [1.165, 1.54) is 23.1 Å². The van der Waals surface area contributed by atoms with Crippen LogP contribution in [0, 0.1) is 5.82 Å². The molecule has 0 aliphatic heterocycles. The van der Waals surface area contributed by atoms with Crippen LogP contribution < -0.4 is 0 Å². The average Bonchev–Trinajstić information content (AvgIpc) is 2.90. The number of halogens is 2. The zero-order valence-electron chi connectivity index (χ0n) is 11.7. The summed E-state index contributed by atoms with van der Waals surface area (Å²) in [6.07, 6.45) is 2.67. The van der Waals surface area contributed by atoms with Gasteiger partial charge in [0.05, 0.1) is 18.2 Å². The lowest BCUT2D eigenvalue weighted by Gasteiger charge is -2.05. The number of aromatic carboxylic acids is 1. The molecule has 3 rings (SSSR count). The predicted octanol–water partition coefficient (Wildman–Crippen LogP) is 2.46. The van der Waals surface area contributed by atoms with Gasteiger partial charge in [0.1, 0.15) is 22.6 Å². The van der Waals surface area contributed by atoms with Crippen molar-refractivity contribution in [2.45, 2.75) is 13.2 Å². The van der Waals surface area contributed by atoms with Crippen LogP contribution in [0.1, 0.15) is 21.6 Å². The molecule has 1 aromatic carbocycles. The van der Waals surface area contributed by atoms with Gasteiger partial charge in [-0.05, 0) is 23.8 Å². The summed E-state index contributed by atoms with van der Waals surface area (Å²) in [6.45, 7) is -0.333. The van der Waals surface area contributed by atoms with Crippen LogP contribution in [0.4, 0.5) is 4.39 Å². The van der Waals surface area contributed by atoms with E-state index < -0.39 is 18.4 Å². The molecule has 0 amide bonds. The first kappa shape index (κ1) is 15.4. The van der Waals surface area contributed by atoms with Crippen LogP contribution in [-0.2, 0) is 13.2 Å². The molecule has 3 aromatic rings. The van der Waals surface area contributed by atoms with E-state index >= 15 is 0 Å². The molecule has 0 saturated heterocycles. The van der Waals surface area contributed by atoms with Crippen molar-refractivity contribution in [2.75, 3.05) is 0 Å².